The van der Waals surface area contributed by atoms with Gasteiger partial charge in [0.15, 0.2) is 0 Å². The van der Waals surface area contributed by atoms with Gasteiger partial charge in [-0.2, -0.15) is 26.3 Å². The minimum atomic E-state index is -5.33. The van der Waals surface area contributed by atoms with Gasteiger partial charge in [-0.05, 0) is 0 Å². The molecule has 0 aromatic carbocycles. The van der Waals surface area contributed by atoms with Gasteiger partial charge in [0.25, 0.3) is 0 Å². The molecule has 0 saturated heterocycles. The van der Waals surface area contributed by atoms with Crippen molar-refractivity contribution in [3.05, 3.63) is 0 Å². The molecule has 0 nitrogen and oxygen atoms in total. The maximum Gasteiger partial charge on any atom is 0.450 e. The van der Waals surface area contributed by atoms with E-state index in [1.807, 2.05) is 0 Å². The van der Waals surface area contributed by atoms with Gasteiger partial charge in [0.1, 0.15) is 0 Å². The fourth-order valence-electron chi connectivity index (χ4n) is 0. The Morgan fingerprint density at radius 1 is 0.750 bits per heavy atom. The summed E-state index contributed by atoms with van der Waals surface area (Å²) in [5.41, 5.74) is 0. The smallest absolute Gasteiger partial charge is 0.200 e. The first-order valence-corrected chi connectivity index (χ1v) is 1.95. The molecule has 0 N–H and O–H groups in total. The molecule has 0 spiro atoms. The van der Waals surface area contributed by atoms with Crippen LogP contribution in [0.15, 0.2) is 0 Å². The minimum Gasteiger partial charge on any atom is -0.200 e. The van der Waals surface area contributed by atoms with Crippen molar-refractivity contribution in [3.63, 3.8) is 0 Å². The summed E-state index contributed by atoms with van der Waals surface area (Å²) in [5, 5.41) is 0. The Labute approximate surface area is 74.1 Å². The second-order valence-corrected chi connectivity index (χ2v) is 1.09. The van der Waals surface area contributed by atoms with E-state index in [2.05, 4.69) is 0 Å². The van der Waals surface area contributed by atoms with Crippen LogP contribution in [0.2, 0.25) is 0 Å². The van der Waals surface area contributed by atoms with Gasteiger partial charge in [0.2, 0.25) is 0 Å². The number of hydrogen-bond acceptors (Lipinski definition) is 0. The second kappa shape index (κ2) is 7.67. The third kappa shape index (κ3) is 22.5. The Balaban J connectivity index is -0.000000142. The number of rotatable bonds is 0. The predicted octanol–water partition coefficient (Wildman–Crippen LogP) is 2.61. The summed E-state index contributed by atoms with van der Waals surface area (Å²) in [6, 6.07) is 0. The Morgan fingerprint density at radius 3 is 0.833 bits per heavy atom. The molecule has 0 aliphatic carbocycles. The zero-order chi connectivity index (χ0) is 9.65. The summed E-state index contributed by atoms with van der Waals surface area (Å²) >= 11 is 0. The van der Waals surface area contributed by atoms with Gasteiger partial charge < -0.3 is 0 Å². The topological polar surface area (TPSA) is 0 Å². The number of halogens is 8. The minimum absolute atomic E-state index is 0. The molecule has 0 aliphatic heterocycles. The zero-order valence-electron chi connectivity index (χ0n) is 5.68. The molecular formula is C3H2F8Li. The molecule has 0 unspecified atom stereocenters. The van der Waals surface area contributed by atoms with Crippen molar-refractivity contribution in [1.82, 2.24) is 0 Å². The molecule has 0 amide bonds. The third-order valence-corrected chi connectivity index (χ3v) is 0.247. The van der Waals surface area contributed by atoms with Crippen molar-refractivity contribution >= 4 is 18.9 Å². The molecule has 71 valence electrons. The zero-order valence-corrected chi connectivity index (χ0v) is 5.68. The van der Waals surface area contributed by atoms with Gasteiger partial charge in [0.05, 0.1) is 0 Å². The molecule has 0 fully saturated rings. The van der Waals surface area contributed by atoms with Gasteiger partial charge in [-0.15, -0.1) is 0 Å². The van der Waals surface area contributed by atoms with Crippen molar-refractivity contribution in [2.75, 3.05) is 0 Å². The molecule has 12 heavy (non-hydrogen) atoms. The van der Waals surface area contributed by atoms with Crippen LogP contribution < -0.4 is 0 Å². The molecule has 0 aromatic heterocycles. The Morgan fingerprint density at radius 2 is 0.833 bits per heavy atom. The van der Waals surface area contributed by atoms with E-state index in [9.17, 15) is 35.1 Å². The first-order valence-electron chi connectivity index (χ1n) is 1.95. The van der Waals surface area contributed by atoms with Crippen molar-refractivity contribution < 1.29 is 35.1 Å². The molecule has 0 saturated carbocycles. The number of hydrogen-bond donors (Lipinski definition) is 0. The summed E-state index contributed by atoms with van der Waals surface area (Å²) < 4.78 is 81.1. The van der Waals surface area contributed by atoms with Crippen LogP contribution >= 0.6 is 0 Å². The molecule has 0 aliphatic rings. The van der Waals surface area contributed by atoms with E-state index in [0.717, 1.165) is 0 Å². The van der Waals surface area contributed by atoms with Gasteiger partial charge in [-0.1, -0.05) is 0 Å². The van der Waals surface area contributed by atoms with Crippen molar-refractivity contribution in [2.45, 2.75) is 19.3 Å². The Hall–Kier alpha value is 0.0374. The summed E-state index contributed by atoms with van der Waals surface area (Å²) in [5.74, 6) is 0. The molecule has 0 bridgehead atoms. The van der Waals surface area contributed by atoms with Crippen LogP contribution in [0, 0.1) is 0 Å². The quantitative estimate of drug-likeness (QED) is 0.413. The average Bonchev–Trinajstić information content (AvgIpc) is 1.59. The summed E-state index contributed by atoms with van der Waals surface area (Å²) in [6.45, 7) is -3.67. The fourth-order valence-corrected chi connectivity index (χ4v) is 0. The third-order valence-electron chi connectivity index (χ3n) is 0.247. The first kappa shape index (κ1) is 18.0. The van der Waals surface area contributed by atoms with E-state index in [1.165, 1.54) is 0 Å². The average molecular weight is 197 g/mol. The molecular weight excluding hydrogens is 195 g/mol. The van der Waals surface area contributed by atoms with Crippen molar-refractivity contribution in [2.24, 2.45) is 0 Å². The van der Waals surface area contributed by atoms with Crippen LogP contribution in [-0.2, 0) is 0 Å². The van der Waals surface area contributed by atoms with E-state index in [-0.39, 0.29) is 18.9 Å². The van der Waals surface area contributed by atoms with Crippen LogP contribution in [0.25, 0.3) is 0 Å². The first-order chi connectivity index (χ1) is 4.68. The van der Waals surface area contributed by atoms with E-state index in [4.69, 9.17) is 0 Å². The largest absolute Gasteiger partial charge is 0.450 e. The summed E-state index contributed by atoms with van der Waals surface area (Å²) in [6.07, 6.45) is -9.53. The monoisotopic (exact) mass is 197 g/mol. The molecule has 9 heteroatoms. The maximum absolute atomic E-state index is 10.4. The van der Waals surface area contributed by atoms with Crippen LogP contribution in [0.4, 0.5) is 35.1 Å². The van der Waals surface area contributed by atoms with Gasteiger partial charge in [-0.3, -0.25) is 0 Å². The van der Waals surface area contributed by atoms with Gasteiger partial charge >= 0.3 is 19.3 Å². The fraction of sp³-hybridized carbons (Fsp3) is 1.00. The van der Waals surface area contributed by atoms with Gasteiger partial charge in [-0.25, -0.2) is 8.78 Å². The number of alkyl halides is 8. The van der Waals surface area contributed by atoms with Crippen molar-refractivity contribution in [3.8, 4) is 0 Å². The van der Waals surface area contributed by atoms with E-state index >= 15 is 0 Å². The molecule has 1 radical (unpaired) electrons. The maximum atomic E-state index is 10.4. The van der Waals surface area contributed by atoms with E-state index in [0.29, 0.717) is 0 Å². The van der Waals surface area contributed by atoms with Crippen LogP contribution in [-0.4, -0.2) is 38.1 Å². The normalized spacial score (nSPS) is 10.5. The van der Waals surface area contributed by atoms with Crippen LogP contribution in [0.3, 0.4) is 0 Å². The van der Waals surface area contributed by atoms with Gasteiger partial charge in [0, 0.05) is 18.9 Å². The van der Waals surface area contributed by atoms with E-state index < -0.39 is 19.3 Å². The molecule has 0 aromatic rings. The van der Waals surface area contributed by atoms with Crippen LogP contribution in [0.1, 0.15) is 0 Å². The molecule has 0 rings (SSSR count). The SMILES string of the molecule is FC(F)C(F)(F)F.FC(F)F.[Li]. The summed E-state index contributed by atoms with van der Waals surface area (Å²) in [4.78, 5) is 0. The summed E-state index contributed by atoms with van der Waals surface area (Å²) in [7, 11) is 0. The van der Waals surface area contributed by atoms with E-state index in [1.54, 1.807) is 0 Å². The second-order valence-electron chi connectivity index (χ2n) is 1.09. The standard InChI is InChI=1S/C2HF5.CHF3.Li/c3-1(4)2(5,6)7;2-1(3)4;/h1H;1H;. The Bertz CT molecular complexity index is 84.0. The predicted molar refractivity (Wildman–Crippen MR) is 24.9 cm³/mol. The molecule has 0 atom stereocenters. The van der Waals surface area contributed by atoms with Crippen LogP contribution in [0.5, 0.6) is 0 Å². The Kier molecular flexibility index (Phi) is 11.5. The van der Waals surface area contributed by atoms with Crippen molar-refractivity contribution in [1.29, 1.82) is 0 Å². The molecule has 0 heterocycles.